The molecule has 0 saturated carbocycles. The summed E-state index contributed by atoms with van der Waals surface area (Å²) in [5.41, 5.74) is 2.20. The third-order valence-electron chi connectivity index (χ3n) is 2.50. The number of nitrogens with one attached hydrogen (secondary N) is 1. The predicted molar refractivity (Wildman–Crippen MR) is 63.3 cm³/mol. The number of aliphatic hydroxyl groups excluding tert-OH is 1. The van der Waals surface area contributed by atoms with E-state index in [-0.39, 0.29) is 0 Å². The number of hydrogen-bond donors (Lipinski definition) is 2. The van der Waals surface area contributed by atoms with Crippen LogP contribution in [0.15, 0.2) is 47.1 Å². The second-order valence-electron chi connectivity index (χ2n) is 3.73. The van der Waals surface area contributed by atoms with Crippen molar-refractivity contribution in [1.29, 1.82) is 0 Å². The van der Waals surface area contributed by atoms with E-state index in [1.54, 1.807) is 18.4 Å². The second-order valence-corrected chi connectivity index (χ2v) is 3.73. The maximum absolute atomic E-state index is 9.81. The number of benzene rings is 1. The first-order valence-electron chi connectivity index (χ1n) is 5.28. The summed E-state index contributed by atoms with van der Waals surface area (Å²) in [5.74, 6) is 0.584. The lowest BCUT2D eigenvalue weighted by Crippen LogP contribution is -2.12. The fourth-order valence-corrected chi connectivity index (χ4v) is 1.56. The van der Waals surface area contributed by atoms with Gasteiger partial charge >= 0.3 is 0 Å². The maximum atomic E-state index is 9.81. The molecule has 0 aliphatic heterocycles. The Morgan fingerprint density at radius 2 is 2.06 bits per heavy atom. The van der Waals surface area contributed by atoms with E-state index in [0.717, 1.165) is 11.3 Å². The molecule has 0 bridgehead atoms. The van der Waals surface area contributed by atoms with Crippen LogP contribution in [-0.4, -0.2) is 11.7 Å². The molecule has 0 aliphatic carbocycles. The van der Waals surface area contributed by atoms with Crippen molar-refractivity contribution in [2.24, 2.45) is 0 Å². The molecule has 1 aromatic carbocycles. The van der Waals surface area contributed by atoms with Crippen LogP contribution >= 0.6 is 0 Å². The first-order valence-corrected chi connectivity index (χ1v) is 5.28. The third-order valence-corrected chi connectivity index (χ3v) is 2.50. The second kappa shape index (κ2) is 4.86. The van der Waals surface area contributed by atoms with Gasteiger partial charge in [-0.1, -0.05) is 18.2 Å². The zero-order chi connectivity index (χ0) is 11.4. The normalized spacial score (nSPS) is 12.4. The molecule has 1 atom stereocenters. The van der Waals surface area contributed by atoms with Gasteiger partial charge in [0, 0.05) is 12.2 Å². The van der Waals surface area contributed by atoms with E-state index in [2.05, 4.69) is 5.32 Å². The van der Waals surface area contributed by atoms with Gasteiger partial charge in [0.05, 0.1) is 6.26 Å². The van der Waals surface area contributed by atoms with Gasteiger partial charge in [-0.15, -0.1) is 0 Å². The Morgan fingerprint density at radius 1 is 1.25 bits per heavy atom. The summed E-state index contributed by atoms with van der Waals surface area (Å²) in [6.07, 6.45) is 0.946. The van der Waals surface area contributed by atoms with Gasteiger partial charge in [0.15, 0.2) is 0 Å². The standard InChI is InChI=1S/C13H15NO2/c1-10-5-2-3-6-11(10)14-9-12(15)13-7-4-8-16-13/h2-8,12,14-15H,9H2,1H3. The van der Waals surface area contributed by atoms with E-state index in [9.17, 15) is 5.11 Å². The first-order chi connectivity index (χ1) is 7.77. The van der Waals surface area contributed by atoms with Crippen LogP contribution in [0, 0.1) is 6.92 Å². The van der Waals surface area contributed by atoms with Gasteiger partial charge in [0.25, 0.3) is 0 Å². The number of aliphatic hydroxyl groups is 1. The maximum Gasteiger partial charge on any atom is 0.134 e. The molecule has 2 N–H and O–H groups in total. The SMILES string of the molecule is Cc1ccccc1NCC(O)c1ccco1. The molecule has 0 saturated heterocycles. The molecule has 0 fully saturated rings. The van der Waals surface area contributed by atoms with E-state index in [4.69, 9.17) is 4.42 Å². The van der Waals surface area contributed by atoms with E-state index >= 15 is 0 Å². The number of rotatable bonds is 4. The summed E-state index contributed by atoms with van der Waals surface area (Å²) in [4.78, 5) is 0. The van der Waals surface area contributed by atoms with Gasteiger partial charge in [-0.3, -0.25) is 0 Å². The fourth-order valence-electron chi connectivity index (χ4n) is 1.56. The van der Waals surface area contributed by atoms with Gasteiger partial charge in [-0.2, -0.15) is 0 Å². The van der Waals surface area contributed by atoms with E-state index < -0.39 is 6.10 Å². The van der Waals surface area contributed by atoms with Crippen molar-refractivity contribution in [2.75, 3.05) is 11.9 Å². The first kappa shape index (κ1) is 10.8. The van der Waals surface area contributed by atoms with Crippen LogP contribution in [0.2, 0.25) is 0 Å². The zero-order valence-corrected chi connectivity index (χ0v) is 9.18. The Hall–Kier alpha value is -1.74. The van der Waals surface area contributed by atoms with Crippen LogP contribution in [0.1, 0.15) is 17.4 Å². The number of aryl methyl sites for hydroxylation is 1. The molecule has 0 radical (unpaired) electrons. The predicted octanol–water partition coefficient (Wildman–Crippen LogP) is 2.73. The molecule has 84 valence electrons. The lowest BCUT2D eigenvalue weighted by Gasteiger charge is -2.12. The van der Waals surface area contributed by atoms with Crippen molar-refractivity contribution in [3.63, 3.8) is 0 Å². The highest BCUT2D eigenvalue weighted by molar-refractivity contribution is 5.50. The van der Waals surface area contributed by atoms with E-state index in [1.807, 2.05) is 31.2 Å². The van der Waals surface area contributed by atoms with Gasteiger partial charge in [-0.05, 0) is 30.7 Å². The van der Waals surface area contributed by atoms with Crippen LogP contribution in [0.4, 0.5) is 5.69 Å². The van der Waals surface area contributed by atoms with Crippen LogP contribution < -0.4 is 5.32 Å². The molecular weight excluding hydrogens is 202 g/mol. The molecule has 16 heavy (non-hydrogen) atoms. The molecule has 3 nitrogen and oxygen atoms in total. The van der Waals surface area contributed by atoms with Crippen LogP contribution in [0.25, 0.3) is 0 Å². The molecule has 2 rings (SSSR count). The quantitative estimate of drug-likeness (QED) is 0.827. The molecule has 2 aromatic rings. The molecule has 1 heterocycles. The molecule has 1 aromatic heterocycles. The molecule has 3 heteroatoms. The summed E-state index contributed by atoms with van der Waals surface area (Å²) in [6, 6.07) is 11.5. The number of para-hydroxylation sites is 1. The average molecular weight is 217 g/mol. The topological polar surface area (TPSA) is 45.4 Å². The van der Waals surface area contributed by atoms with Gasteiger partial charge < -0.3 is 14.8 Å². The Labute approximate surface area is 94.7 Å². The Bertz CT molecular complexity index is 437. The fraction of sp³-hybridized carbons (Fsp3) is 0.231. The third kappa shape index (κ3) is 2.44. The Morgan fingerprint density at radius 3 is 2.75 bits per heavy atom. The van der Waals surface area contributed by atoms with Crippen molar-refractivity contribution < 1.29 is 9.52 Å². The van der Waals surface area contributed by atoms with Crippen LogP contribution in [0.3, 0.4) is 0 Å². The van der Waals surface area contributed by atoms with Crippen LogP contribution in [-0.2, 0) is 0 Å². The molecular formula is C13H15NO2. The van der Waals surface area contributed by atoms with Crippen molar-refractivity contribution in [2.45, 2.75) is 13.0 Å². The number of furan rings is 1. The van der Waals surface area contributed by atoms with Crippen molar-refractivity contribution >= 4 is 5.69 Å². The molecule has 0 spiro atoms. The lowest BCUT2D eigenvalue weighted by molar-refractivity contribution is 0.162. The highest BCUT2D eigenvalue weighted by atomic mass is 16.4. The Kier molecular flexibility index (Phi) is 3.27. The summed E-state index contributed by atoms with van der Waals surface area (Å²) in [7, 11) is 0. The zero-order valence-electron chi connectivity index (χ0n) is 9.18. The van der Waals surface area contributed by atoms with Crippen molar-refractivity contribution in [3.8, 4) is 0 Å². The van der Waals surface area contributed by atoms with Crippen molar-refractivity contribution in [3.05, 3.63) is 54.0 Å². The summed E-state index contributed by atoms with van der Waals surface area (Å²) < 4.78 is 5.12. The summed E-state index contributed by atoms with van der Waals surface area (Å²) in [5, 5.41) is 13.0. The molecule has 1 unspecified atom stereocenters. The van der Waals surface area contributed by atoms with Gasteiger partial charge in [0.2, 0.25) is 0 Å². The average Bonchev–Trinajstić information content (AvgIpc) is 2.81. The monoisotopic (exact) mass is 217 g/mol. The summed E-state index contributed by atoms with van der Waals surface area (Å²) in [6.45, 7) is 2.47. The number of anilines is 1. The molecule has 0 aliphatic rings. The minimum absolute atomic E-state index is 0.443. The Balaban J connectivity index is 1.95. The highest BCUT2D eigenvalue weighted by Gasteiger charge is 2.09. The minimum Gasteiger partial charge on any atom is -0.467 e. The van der Waals surface area contributed by atoms with E-state index in [0.29, 0.717) is 12.3 Å². The smallest absolute Gasteiger partial charge is 0.134 e. The highest BCUT2D eigenvalue weighted by Crippen LogP contribution is 2.17. The van der Waals surface area contributed by atoms with Gasteiger partial charge in [0.1, 0.15) is 11.9 Å². The largest absolute Gasteiger partial charge is 0.467 e. The summed E-state index contributed by atoms with van der Waals surface area (Å²) >= 11 is 0. The van der Waals surface area contributed by atoms with Gasteiger partial charge in [-0.25, -0.2) is 0 Å². The number of hydrogen-bond acceptors (Lipinski definition) is 3. The molecule has 0 amide bonds. The lowest BCUT2D eigenvalue weighted by atomic mass is 10.2. The van der Waals surface area contributed by atoms with Crippen molar-refractivity contribution in [1.82, 2.24) is 0 Å². The minimum atomic E-state index is -0.616. The van der Waals surface area contributed by atoms with E-state index in [1.165, 1.54) is 0 Å². The van der Waals surface area contributed by atoms with Crippen LogP contribution in [0.5, 0.6) is 0 Å².